The van der Waals surface area contributed by atoms with Crippen LogP contribution in [-0.4, -0.2) is 36.4 Å². The van der Waals surface area contributed by atoms with Gasteiger partial charge in [-0.15, -0.1) is 0 Å². The van der Waals surface area contributed by atoms with Gasteiger partial charge in [-0.2, -0.15) is 0 Å². The number of ether oxygens (including phenoxy) is 2. The SMILES string of the molecule is COc1ccc(OC)c([C@H]2[C@@H]3CCCC[C@]3(O)CCN2Cc2ccccc2F)c1. The molecule has 4 nitrogen and oxygen atoms in total. The highest BCUT2D eigenvalue weighted by Crippen LogP contribution is 2.51. The Bertz CT molecular complexity index is 858. The standard InChI is InChI=1S/C24H30FNO3/c1-28-18-10-11-22(29-2)19(15-18)23-20-8-5-6-12-24(20,27)13-14-26(23)16-17-7-3-4-9-21(17)25/h3-4,7,9-11,15,20,23,27H,5-6,8,12-14,16H2,1-2H3/t20-,23-,24-/m0/s1. The van der Waals surface area contributed by atoms with Crippen molar-refractivity contribution in [2.24, 2.45) is 5.92 Å². The quantitative estimate of drug-likeness (QED) is 0.791. The third-order valence-electron chi connectivity index (χ3n) is 6.76. The van der Waals surface area contributed by atoms with Crippen LogP contribution in [0.15, 0.2) is 42.5 Å². The number of halogens is 1. The zero-order valence-electron chi connectivity index (χ0n) is 17.2. The number of methoxy groups -OCH3 is 2. The highest BCUT2D eigenvalue weighted by atomic mass is 19.1. The Kier molecular flexibility index (Phi) is 5.79. The summed E-state index contributed by atoms with van der Waals surface area (Å²) in [5.41, 5.74) is 1.01. The number of rotatable bonds is 5. The number of aliphatic hydroxyl groups is 1. The number of piperidine rings is 1. The van der Waals surface area contributed by atoms with Crippen molar-refractivity contribution in [2.75, 3.05) is 20.8 Å². The summed E-state index contributed by atoms with van der Waals surface area (Å²) in [6.07, 6.45) is 4.66. The van der Waals surface area contributed by atoms with E-state index < -0.39 is 5.60 Å². The lowest BCUT2D eigenvalue weighted by molar-refractivity contribution is -0.126. The molecule has 0 unspecified atom stereocenters. The fourth-order valence-corrected chi connectivity index (χ4v) is 5.25. The molecule has 5 heteroatoms. The summed E-state index contributed by atoms with van der Waals surface area (Å²) in [6.45, 7) is 1.22. The van der Waals surface area contributed by atoms with E-state index in [0.29, 0.717) is 18.7 Å². The molecule has 29 heavy (non-hydrogen) atoms. The van der Waals surface area contributed by atoms with Crippen LogP contribution < -0.4 is 9.47 Å². The van der Waals surface area contributed by atoms with Crippen molar-refractivity contribution < 1.29 is 19.0 Å². The molecule has 0 radical (unpaired) electrons. The van der Waals surface area contributed by atoms with E-state index in [-0.39, 0.29) is 17.8 Å². The lowest BCUT2D eigenvalue weighted by Gasteiger charge is -2.53. The summed E-state index contributed by atoms with van der Waals surface area (Å²) >= 11 is 0. The maximum atomic E-state index is 14.4. The van der Waals surface area contributed by atoms with E-state index in [1.807, 2.05) is 30.3 Å². The number of fused-ring (bicyclic) bond motifs is 1. The zero-order valence-corrected chi connectivity index (χ0v) is 17.2. The van der Waals surface area contributed by atoms with Crippen LogP contribution in [0.5, 0.6) is 11.5 Å². The molecule has 0 bridgehead atoms. The van der Waals surface area contributed by atoms with Crippen molar-refractivity contribution in [3.8, 4) is 11.5 Å². The van der Waals surface area contributed by atoms with Crippen LogP contribution in [0, 0.1) is 11.7 Å². The average Bonchev–Trinajstić information content (AvgIpc) is 2.74. The maximum absolute atomic E-state index is 14.4. The molecule has 2 aliphatic rings. The van der Waals surface area contributed by atoms with Crippen molar-refractivity contribution >= 4 is 0 Å². The van der Waals surface area contributed by atoms with E-state index in [1.54, 1.807) is 20.3 Å². The summed E-state index contributed by atoms with van der Waals surface area (Å²) in [4.78, 5) is 2.31. The largest absolute Gasteiger partial charge is 0.497 e. The van der Waals surface area contributed by atoms with Gasteiger partial charge in [-0.1, -0.05) is 31.0 Å². The Balaban J connectivity index is 1.78. The third kappa shape index (κ3) is 3.86. The minimum atomic E-state index is -0.678. The topological polar surface area (TPSA) is 41.9 Å². The monoisotopic (exact) mass is 399 g/mol. The summed E-state index contributed by atoms with van der Waals surface area (Å²) in [6, 6.07) is 12.7. The van der Waals surface area contributed by atoms with E-state index in [1.165, 1.54) is 6.07 Å². The number of nitrogens with zero attached hydrogens (tertiary/aromatic N) is 1. The first-order valence-corrected chi connectivity index (χ1v) is 10.5. The Morgan fingerprint density at radius 3 is 2.69 bits per heavy atom. The minimum absolute atomic E-state index is 0.0568. The van der Waals surface area contributed by atoms with Crippen LogP contribution in [0.4, 0.5) is 4.39 Å². The Morgan fingerprint density at radius 2 is 1.93 bits per heavy atom. The molecule has 1 aliphatic carbocycles. The first-order valence-electron chi connectivity index (χ1n) is 10.5. The molecular weight excluding hydrogens is 369 g/mol. The number of likely N-dealkylation sites (tertiary alicyclic amines) is 1. The lowest BCUT2D eigenvalue weighted by Crippen LogP contribution is -2.54. The molecular formula is C24H30FNO3. The number of hydrogen-bond acceptors (Lipinski definition) is 4. The highest BCUT2D eigenvalue weighted by molar-refractivity contribution is 5.43. The van der Waals surface area contributed by atoms with Gasteiger partial charge in [0.2, 0.25) is 0 Å². The first kappa shape index (κ1) is 20.2. The van der Waals surface area contributed by atoms with Gasteiger partial charge in [-0.25, -0.2) is 4.39 Å². The molecule has 0 aromatic heterocycles. The van der Waals surface area contributed by atoms with Crippen molar-refractivity contribution in [3.63, 3.8) is 0 Å². The molecule has 0 spiro atoms. The number of benzene rings is 2. The lowest BCUT2D eigenvalue weighted by atomic mass is 9.66. The molecule has 1 heterocycles. The van der Waals surface area contributed by atoms with Crippen LogP contribution in [0.3, 0.4) is 0 Å². The normalized spacial score (nSPS) is 27.3. The molecule has 3 atom stereocenters. The van der Waals surface area contributed by atoms with Crippen molar-refractivity contribution in [2.45, 2.75) is 50.3 Å². The smallest absolute Gasteiger partial charge is 0.127 e. The van der Waals surface area contributed by atoms with Crippen LogP contribution in [0.25, 0.3) is 0 Å². The molecule has 1 aliphatic heterocycles. The minimum Gasteiger partial charge on any atom is -0.497 e. The van der Waals surface area contributed by atoms with Gasteiger partial charge in [0.1, 0.15) is 17.3 Å². The van der Waals surface area contributed by atoms with Gasteiger partial charge >= 0.3 is 0 Å². The molecule has 2 fully saturated rings. The predicted octanol–water partition coefficient (Wildman–Crippen LogP) is 4.71. The van der Waals surface area contributed by atoms with Crippen molar-refractivity contribution in [1.29, 1.82) is 0 Å². The Labute approximate surface area is 172 Å². The van der Waals surface area contributed by atoms with Gasteiger partial charge in [0.05, 0.1) is 19.8 Å². The van der Waals surface area contributed by atoms with Crippen molar-refractivity contribution in [3.05, 3.63) is 59.4 Å². The molecule has 1 saturated carbocycles. The van der Waals surface area contributed by atoms with Gasteiger partial charge in [-0.05, 0) is 43.5 Å². The van der Waals surface area contributed by atoms with Gasteiger partial charge < -0.3 is 14.6 Å². The molecule has 1 saturated heterocycles. The second-order valence-corrected chi connectivity index (χ2v) is 8.32. The van der Waals surface area contributed by atoms with E-state index in [0.717, 1.165) is 49.2 Å². The summed E-state index contributed by atoms with van der Waals surface area (Å²) in [7, 11) is 3.32. The van der Waals surface area contributed by atoms with Gasteiger partial charge in [-0.3, -0.25) is 4.90 Å². The molecule has 156 valence electrons. The maximum Gasteiger partial charge on any atom is 0.127 e. The zero-order chi connectivity index (χ0) is 20.4. The van der Waals surface area contributed by atoms with E-state index in [9.17, 15) is 9.50 Å². The Hall–Kier alpha value is -2.11. The summed E-state index contributed by atoms with van der Waals surface area (Å²) in [5, 5.41) is 11.5. The first-order chi connectivity index (χ1) is 14.1. The molecule has 0 amide bonds. The van der Waals surface area contributed by atoms with Gasteiger partial charge in [0, 0.05) is 36.2 Å². The van der Waals surface area contributed by atoms with Crippen LogP contribution in [0.2, 0.25) is 0 Å². The fraction of sp³-hybridized carbons (Fsp3) is 0.500. The number of hydrogen-bond donors (Lipinski definition) is 1. The Morgan fingerprint density at radius 1 is 1.10 bits per heavy atom. The molecule has 2 aromatic carbocycles. The second kappa shape index (κ2) is 8.33. The fourth-order valence-electron chi connectivity index (χ4n) is 5.25. The van der Waals surface area contributed by atoms with Crippen LogP contribution in [0.1, 0.15) is 49.3 Å². The predicted molar refractivity (Wildman–Crippen MR) is 111 cm³/mol. The van der Waals surface area contributed by atoms with Gasteiger partial charge in [0.25, 0.3) is 0 Å². The van der Waals surface area contributed by atoms with E-state index in [4.69, 9.17) is 9.47 Å². The second-order valence-electron chi connectivity index (χ2n) is 8.32. The summed E-state index contributed by atoms with van der Waals surface area (Å²) < 4.78 is 25.6. The molecule has 2 aromatic rings. The van der Waals surface area contributed by atoms with Crippen molar-refractivity contribution in [1.82, 2.24) is 4.90 Å². The van der Waals surface area contributed by atoms with Crippen LogP contribution >= 0.6 is 0 Å². The van der Waals surface area contributed by atoms with E-state index in [2.05, 4.69) is 4.90 Å². The van der Waals surface area contributed by atoms with Crippen LogP contribution in [-0.2, 0) is 6.54 Å². The van der Waals surface area contributed by atoms with E-state index >= 15 is 0 Å². The van der Waals surface area contributed by atoms with Gasteiger partial charge in [0.15, 0.2) is 0 Å². The molecule has 4 rings (SSSR count). The third-order valence-corrected chi connectivity index (χ3v) is 6.76. The average molecular weight is 400 g/mol. The highest BCUT2D eigenvalue weighted by Gasteiger charge is 2.49. The summed E-state index contributed by atoms with van der Waals surface area (Å²) in [5.74, 6) is 1.44. The molecule has 1 N–H and O–H groups in total.